The first-order valence-corrected chi connectivity index (χ1v) is 7.98. The molecule has 6 heteroatoms. The van der Waals surface area contributed by atoms with Gasteiger partial charge in [0.1, 0.15) is 11.6 Å². The second kappa shape index (κ2) is 6.55. The normalized spacial score (nSPS) is 20.9. The van der Waals surface area contributed by atoms with Crippen LogP contribution in [0.2, 0.25) is 0 Å². The third-order valence-electron chi connectivity index (χ3n) is 4.02. The van der Waals surface area contributed by atoms with Gasteiger partial charge in [-0.2, -0.15) is 5.26 Å². The lowest BCUT2D eigenvalue weighted by Gasteiger charge is -2.32. The van der Waals surface area contributed by atoms with E-state index in [1.54, 1.807) is 25.7 Å². The Labute approximate surface area is 131 Å². The number of hydrogen-bond acceptors (Lipinski definition) is 4. The third kappa shape index (κ3) is 4.62. The Balaban J connectivity index is 1.92. The quantitative estimate of drug-likeness (QED) is 0.865. The van der Waals surface area contributed by atoms with Crippen molar-refractivity contribution in [1.82, 2.24) is 10.2 Å². The summed E-state index contributed by atoms with van der Waals surface area (Å²) < 4.78 is 5.25. The standard InChI is InChI=1S/C16H25N3O3/c1-16(2,3)22-15(21)18-13(12-4-5-12)14(20)19-8-6-11(10-17)7-9-19/h11-13H,4-9H2,1-3H3,(H,18,21). The molecule has 1 saturated heterocycles. The molecule has 1 aliphatic heterocycles. The molecule has 0 bridgehead atoms. The number of hydrogen-bond donors (Lipinski definition) is 1. The zero-order valence-electron chi connectivity index (χ0n) is 13.6. The predicted molar refractivity (Wildman–Crippen MR) is 80.8 cm³/mol. The van der Waals surface area contributed by atoms with Crippen molar-refractivity contribution in [1.29, 1.82) is 5.26 Å². The van der Waals surface area contributed by atoms with Crippen LogP contribution in [0.15, 0.2) is 0 Å². The Hall–Kier alpha value is -1.77. The molecule has 1 saturated carbocycles. The molecule has 22 heavy (non-hydrogen) atoms. The number of ether oxygens (including phenoxy) is 1. The highest BCUT2D eigenvalue weighted by Crippen LogP contribution is 2.34. The molecule has 0 aromatic rings. The molecule has 2 amide bonds. The molecule has 1 unspecified atom stereocenters. The van der Waals surface area contributed by atoms with Crippen LogP contribution in [-0.2, 0) is 9.53 Å². The maximum Gasteiger partial charge on any atom is 0.408 e. The van der Waals surface area contributed by atoms with Crippen molar-refractivity contribution in [3.05, 3.63) is 0 Å². The maximum atomic E-state index is 12.6. The number of carbonyl (C=O) groups excluding carboxylic acids is 2. The molecule has 1 aliphatic carbocycles. The minimum Gasteiger partial charge on any atom is -0.444 e. The van der Waals surface area contributed by atoms with Gasteiger partial charge in [-0.15, -0.1) is 0 Å². The molecule has 0 aromatic carbocycles. The van der Waals surface area contributed by atoms with E-state index < -0.39 is 17.7 Å². The summed E-state index contributed by atoms with van der Waals surface area (Å²) in [7, 11) is 0. The second-order valence-corrected chi connectivity index (χ2v) is 7.19. The van der Waals surface area contributed by atoms with E-state index in [0.29, 0.717) is 25.9 Å². The highest BCUT2D eigenvalue weighted by Gasteiger charge is 2.40. The second-order valence-electron chi connectivity index (χ2n) is 7.19. The molecule has 2 aliphatic rings. The van der Waals surface area contributed by atoms with Crippen LogP contribution < -0.4 is 5.32 Å². The van der Waals surface area contributed by atoms with E-state index in [4.69, 9.17) is 10.00 Å². The van der Waals surface area contributed by atoms with Gasteiger partial charge in [0.15, 0.2) is 0 Å². The monoisotopic (exact) mass is 307 g/mol. The number of nitrogens with one attached hydrogen (secondary N) is 1. The molecule has 0 spiro atoms. The number of rotatable bonds is 3. The summed E-state index contributed by atoms with van der Waals surface area (Å²) in [4.78, 5) is 26.4. The van der Waals surface area contributed by atoms with Gasteiger partial charge in [0, 0.05) is 19.0 Å². The van der Waals surface area contributed by atoms with E-state index in [1.165, 1.54) is 0 Å². The summed E-state index contributed by atoms with van der Waals surface area (Å²) in [5.41, 5.74) is -0.577. The van der Waals surface area contributed by atoms with Crippen molar-refractivity contribution in [3.63, 3.8) is 0 Å². The molecule has 0 aromatic heterocycles. The summed E-state index contributed by atoms with van der Waals surface area (Å²) in [6.45, 7) is 6.58. The Kier molecular flexibility index (Phi) is 4.94. The Morgan fingerprint density at radius 3 is 2.27 bits per heavy atom. The molecule has 6 nitrogen and oxygen atoms in total. The first-order chi connectivity index (χ1) is 10.3. The van der Waals surface area contributed by atoms with Crippen LogP contribution in [-0.4, -0.2) is 41.6 Å². The topological polar surface area (TPSA) is 82.4 Å². The number of piperidine rings is 1. The van der Waals surface area contributed by atoms with Gasteiger partial charge in [0.05, 0.1) is 6.07 Å². The zero-order valence-corrected chi connectivity index (χ0v) is 13.6. The lowest BCUT2D eigenvalue weighted by atomic mass is 9.97. The molecule has 2 rings (SSSR count). The predicted octanol–water partition coefficient (Wildman–Crippen LogP) is 2.05. The lowest BCUT2D eigenvalue weighted by Crippen LogP contribution is -2.52. The smallest absolute Gasteiger partial charge is 0.408 e. The first kappa shape index (κ1) is 16.6. The van der Waals surface area contributed by atoms with Gasteiger partial charge in [-0.05, 0) is 52.4 Å². The number of amides is 2. The molecule has 0 radical (unpaired) electrons. The van der Waals surface area contributed by atoms with Gasteiger partial charge >= 0.3 is 6.09 Å². The van der Waals surface area contributed by atoms with E-state index in [1.807, 2.05) is 0 Å². The molecular formula is C16H25N3O3. The summed E-state index contributed by atoms with van der Waals surface area (Å²) in [6.07, 6.45) is 2.81. The van der Waals surface area contributed by atoms with Gasteiger partial charge in [-0.25, -0.2) is 4.79 Å². The summed E-state index contributed by atoms with van der Waals surface area (Å²) >= 11 is 0. The fourth-order valence-electron chi connectivity index (χ4n) is 2.67. The number of nitrogens with zero attached hydrogens (tertiary/aromatic N) is 2. The summed E-state index contributed by atoms with van der Waals surface area (Å²) in [5.74, 6) is 0.223. The van der Waals surface area contributed by atoms with Crippen LogP contribution in [0, 0.1) is 23.2 Å². The van der Waals surface area contributed by atoms with Crippen LogP contribution in [0.5, 0.6) is 0 Å². The molecular weight excluding hydrogens is 282 g/mol. The number of alkyl carbamates (subject to hydrolysis) is 1. The van der Waals surface area contributed by atoms with Gasteiger partial charge in [-0.1, -0.05) is 0 Å². The average Bonchev–Trinajstić information content (AvgIpc) is 3.27. The van der Waals surface area contributed by atoms with Gasteiger partial charge < -0.3 is 15.0 Å². The van der Waals surface area contributed by atoms with Crippen LogP contribution in [0.4, 0.5) is 4.79 Å². The SMILES string of the molecule is CC(C)(C)OC(=O)NC(C(=O)N1CCC(C#N)CC1)C1CC1. The van der Waals surface area contributed by atoms with Crippen LogP contribution in [0.1, 0.15) is 46.5 Å². The third-order valence-corrected chi connectivity index (χ3v) is 4.02. The van der Waals surface area contributed by atoms with E-state index in [2.05, 4.69) is 11.4 Å². The largest absolute Gasteiger partial charge is 0.444 e. The van der Waals surface area contributed by atoms with Crippen LogP contribution in [0.3, 0.4) is 0 Å². The van der Waals surface area contributed by atoms with Crippen LogP contribution >= 0.6 is 0 Å². The number of likely N-dealkylation sites (tertiary alicyclic amines) is 1. The minimum atomic E-state index is -0.577. The Morgan fingerprint density at radius 1 is 1.23 bits per heavy atom. The van der Waals surface area contributed by atoms with E-state index in [9.17, 15) is 9.59 Å². The van der Waals surface area contributed by atoms with Crippen LogP contribution in [0.25, 0.3) is 0 Å². The van der Waals surface area contributed by atoms with Crippen molar-refractivity contribution in [2.24, 2.45) is 11.8 Å². The van der Waals surface area contributed by atoms with Crippen molar-refractivity contribution in [3.8, 4) is 6.07 Å². The molecule has 1 atom stereocenters. The van der Waals surface area contributed by atoms with Crippen molar-refractivity contribution < 1.29 is 14.3 Å². The molecule has 1 N–H and O–H groups in total. The Morgan fingerprint density at radius 2 is 1.82 bits per heavy atom. The number of nitriles is 1. The van der Waals surface area contributed by atoms with E-state index >= 15 is 0 Å². The van der Waals surface area contributed by atoms with E-state index in [0.717, 1.165) is 12.8 Å². The molecule has 122 valence electrons. The van der Waals surface area contributed by atoms with Crippen molar-refractivity contribution >= 4 is 12.0 Å². The molecule has 1 heterocycles. The maximum absolute atomic E-state index is 12.6. The fourth-order valence-corrected chi connectivity index (χ4v) is 2.67. The van der Waals surface area contributed by atoms with E-state index in [-0.39, 0.29) is 17.7 Å². The fraction of sp³-hybridized carbons (Fsp3) is 0.812. The van der Waals surface area contributed by atoms with Gasteiger partial charge in [0.2, 0.25) is 5.91 Å². The number of carbonyl (C=O) groups is 2. The highest BCUT2D eigenvalue weighted by molar-refractivity contribution is 5.86. The van der Waals surface area contributed by atoms with Gasteiger partial charge in [0.25, 0.3) is 0 Å². The van der Waals surface area contributed by atoms with Crippen molar-refractivity contribution in [2.45, 2.75) is 58.1 Å². The summed E-state index contributed by atoms with van der Waals surface area (Å²) in [6, 6.07) is 1.77. The zero-order chi connectivity index (χ0) is 16.3. The lowest BCUT2D eigenvalue weighted by molar-refractivity contribution is -0.135. The highest BCUT2D eigenvalue weighted by atomic mass is 16.6. The Bertz CT molecular complexity index is 466. The molecule has 2 fully saturated rings. The average molecular weight is 307 g/mol. The van der Waals surface area contributed by atoms with Gasteiger partial charge in [-0.3, -0.25) is 4.79 Å². The van der Waals surface area contributed by atoms with Crippen molar-refractivity contribution in [2.75, 3.05) is 13.1 Å². The summed E-state index contributed by atoms with van der Waals surface area (Å²) in [5, 5.41) is 11.7. The minimum absolute atomic E-state index is 0.0373. The first-order valence-electron chi connectivity index (χ1n) is 7.98.